The van der Waals surface area contributed by atoms with Crippen LogP contribution in [0.4, 0.5) is 6.01 Å². The second-order valence-electron chi connectivity index (χ2n) is 4.23. The third-order valence-electron chi connectivity index (χ3n) is 2.92. The molecule has 0 fully saturated rings. The first-order chi connectivity index (χ1) is 8.80. The number of ether oxygens (including phenoxy) is 1. The Hall–Kier alpha value is -1.14. The van der Waals surface area contributed by atoms with Crippen LogP contribution in [0.1, 0.15) is 32.6 Å². The van der Waals surface area contributed by atoms with Gasteiger partial charge < -0.3 is 19.8 Å². The van der Waals surface area contributed by atoms with Crippen LogP contribution in [0.3, 0.4) is 0 Å². The number of nitrogens with zero attached hydrogens (tertiary/aromatic N) is 2. The van der Waals surface area contributed by atoms with Gasteiger partial charge in [0.25, 0.3) is 0 Å². The van der Waals surface area contributed by atoms with Gasteiger partial charge in [-0.05, 0) is 5.92 Å². The minimum Gasteiger partial charge on any atom is -0.407 e. The molecular formula is C12H24N4O2. The van der Waals surface area contributed by atoms with E-state index in [9.17, 15) is 0 Å². The number of aromatic nitrogens is 2. The molecule has 0 saturated carbocycles. The van der Waals surface area contributed by atoms with Gasteiger partial charge in [-0.3, -0.25) is 0 Å². The average molecular weight is 256 g/mol. The first-order valence-corrected chi connectivity index (χ1v) is 6.56. The van der Waals surface area contributed by atoms with Crippen molar-refractivity contribution in [1.82, 2.24) is 15.5 Å². The third kappa shape index (κ3) is 5.46. The average Bonchev–Trinajstić information content (AvgIpc) is 2.84. The van der Waals surface area contributed by atoms with E-state index in [1.54, 1.807) is 7.11 Å². The van der Waals surface area contributed by atoms with Crippen LogP contribution >= 0.6 is 0 Å². The van der Waals surface area contributed by atoms with Crippen molar-refractivity contribution < 1.29 is 9.15 Å². The Morgan fingerprint density at radius 1 is 1.28 bits per heavy atom. The normalized spacial score (nSPS) is 11.1. The second-order valence-corrected chi connectivity index (χ2v) is 4.23. The molecule has 0 atom stereocenters. The number of nitrogens with one attached hydrogen (secondary N) is 2. The fourth-order valence-corrected chi connectivity index (χ4v) is 1.58. The van der Waals surface area contributed by atoms with Crippen molar-refractivity contribution in [3.05, 3.63) is 5.89 Å². The minimum atomic E-state index is 0.505. The molecule has 18 heavy (non-hydrogen) atoms. The van der Waals surface area contributed by atoms with Crippen LogP contribution in [0.25, 0.3) is 0 Å². The van der Waals surface area contributed by atoms with Gasteiger partial charge in [0.2, 0.25) is 5.89 Å². The molecule has 0 radical (unpaired) electrons. The maximum Gasteiger partial charge on any atom is 0.315 e. The van der Waals surface area contributed by atoms with Crippen molar-refractivity contribution in [2.45, 2.75) is 33.2 Å². The van der Waals surface area contributed by atoms with E-state index in [-0.39, 0.29) is 0 Å². The van der Waals surface area contributed by atoms with E-state index in [1.165, 1.54) is 0 Å². The lowest BCUT2D eigenvalue weighted by Gasteiger charge is -2.11. The SMILES string of the molecule is CCC(CC)CNc1nnc(CNCCOC)o1. The number of rotatable bonds is 10. The lowest BCUT2D eigenvalue weighted by atomic mass is 10.0. The zero-order valence-corrected chi connectivity index (χ0v) is 11.5. The first kappa shape index (κ1) is 14.9. The Kier molecular flexibility index (Phi) is 7.36. The molecule has 0 aliphatic carbocycles. The number of methoxy groups -OCH3 is 1. The van der Waals surface area contributed by atoms with Crippen molar-refractivity contribution in [1.29, 1.82) is 0 Å². The van der Waals surface area contributed by atoms with Gasteiger partial charge in [-0.2, -0.15) is 0 Å². The summed E-state index contributed by atoms with van der Waals surface area (Å²) in [4.78, 5) is 0. The molecule has 1 aromatic heterocycles. The molecule has 6 heteroatoms. The summed E-state index contributed by atoms with van der Waals surface area (Å²) in [6, 6.07) is 0.505. The van der Waals surface area contributed by atoms with Gasteiger partial charge >= 0.3 is 6.01 Å². The van der Waals surface area contributed by atoms with E-state index in [1.807, 2.05) is 0 Å². The molecule has 0 bridgehead atoms. The molecule has 1 heterocycles. The number of anilines is 1. The largest absolute Gasteiger partial charge is 0.407 e. The Morgan fingerprint density at radius 3 is 2.72 bits per heavy atom. The van der Waals surface area contributed by atoms with E-state index in [4.69, 9.17) is 9.15 Å². The fourth-order valence-electron chi connectivity index (χ4n) is 1.58. The predicted molar refractivity (Wildman–Crippen MR) is 70.4 cm³/mol. The van der Waals surface area contributed by atoms with Crippen LogP contribution in [0.15, 0.2) is 4.42 Å². The summed E-state index contributed by atoms with van der Waals surface area (Å²) in [5.41, 5.74) is 0. The highest BCUT2D eigenvalue weighted by atomic mass is 16.5. The van der Waals surface area contributed by atoms with E-state index in [0.717, 1.165) is 25.9 Å². The summed E-state index contributed by atoms with van der Waals surface area (Å²) in [6.07, 6.45) is 2.31. The molecule has 1 aromatic rings. The van der Waals surface area contributed by atoms with Crippen LogP contribution in [-0.2, 0) is 11.3 Å². The quantitative estimate of drug-likeness (QED) is 0.620. The van der Waals surface area contributed by atoms with Gasteiger partial charge in [0.1, 0.15) is 0 Å². The standard InChI is InChI=1S/C12H24N4O2/c1-4-10(5-2)8-14-12-16-15-11(18-12)9-13-6-7-17-3/h10,13H,4-9H2,1-3H3,(H,14,16). The molecule has 104 valence electrons. The highest BCUT2D eigenvalue weighted by Crippen LogP contribution is 2.10. The lowest BCUT2D eigenvalue weighted by molar-refractivity contribution is 0.198. The maximum absolute atomic E-state index is 5.47. The Bertz CT molecular complexity index is 313. The topological polar surface area (TPSA) is 72.2 Å². The third-order valence-corrected chi connectivity index (χ3v) is 2.92. The molecule has 0 saturated heterocycles. The lowest BCUT2D eigenvalue weighted by Crippen LogP contribution is -2.18. The van der Waals surface area contributed by atoms with Crippen molar-refractivity contribution in [2.75, 3.05) is 32.1 Å². The van der Waals surface area contributed by atoms with Crippen molar-refractivity contribution in [2.24, 2.45) is 5.92 Å². The van der Waals surface area contributed by atoms with Gasteiger partial charge in [0.05, 0.1) is 13.2 Å². The summed E-state index contributed by atoms with van der Waals surface area (Å²) in [6.45, 7) is 7.28. The van der Waals surface area contributed by atoms with Crippen LogP contribution in [0.2, 0.25) is 0 Å². The maximum atomic E-state index is 5.47. The van der Waals surface area contributed by atoms with Crippen LogP contribution in [0.5, 0.6) is 0 Å². The van der Waals surface area contributed by atoms with Gasteiger partial charge in [-0.1, -0.05) is 31.8 Å². The summed E-state index contributed by atoms with van der Waals surface area (Å²) in [5.74, 6) is 1.25. The van der Waals surface area contributed by atoms with Gasteiger partial charge in [0.15, 0.2) is 0 Å². The van der Waals surface area contributed by atoms with Crippen LogP contribution in [0, 0.1) is 5.92 Å². The first-order valence-electron chi connectivity index (χ1n) is 6.56. The van der Waals surface area contributed by atoms with E-state index in [0.29, 0.717) is 31.0 Å². The molecule has 6 nitrogen and oxygen atoms in total. The van der Waals surface area contributed by atoms with Gasteiger partial charge in [-0.15, -0.1) is 5.10 Å². The van der Waals surface area contributed by atoms with Crippen molar-refractivity contribution in [3.8, 4) is 0 Å². The minimum absolute atomic E-state index is 0.505. The molecule has 1 rings (SSSR count). The van der Waals surface area contributed by atoms with Crippen LogP contribution < -0.4 is 10.6 Å². The van der Waals surface area contributed by atoms with Gasteiger partial charge in [-0.25, -0.2) is 0 Å². The number of hydrogen-bond donors (Lipinski definition) is 2. The van der Waals surface area contributed by atoms with Crippen molar-refractivity contribution >= 4 is 6.01 Å². The Morgan fingerprint density at radius 2 is 2.06 bits per heavy atom. The Labute approximate surface area is 108 Å². The molecule has 0 aromatic carbocycles. The molecular weight excluding hydrogens is 232 g/mol. The molecule has 0 aliphatic rings. The monoisotopic (exact) mass is 256 g/mol. The van der Waals surface area contributed by atoms with E-state index >= 15 is 0 Å². The zero-order chi connectivity index (χ0) is 13.2. The van der Waals surface area contributed by atoms with Crippen molar-refractivity contribution in [3.63, 3.8) is 0 Å². The summed E-state index contributed by atoms with van der Waals surface area (Å²) in [7, 11) is 1.67. The molecule has 0 aliphatic heterocycles. The molecule has 0 spiro atoms. The summed E-state index contributed by atoms with van der Waals surface area (Å²) >= 11 is 0. The van der Waals surface area contributed by atoms with Gasteiger partial charge in [0, 0.05) is 20.2 Å². The van der Waals surface area contributed by atoms with E-state index < -0.39 is 0 Å². The smallest absolute Gasteiger partial charge is 0.315 e. The zero-order valence-electron chi connectivity index (χ0n) is 11.5. The molecule has 0 amide bonds. The second kappa shape index (κ2) is 8.88. The fraction of sp³-hybridized carbons (Fsp3) is 0.833. The molecule has 0 unspecified atom stereocenters. The highest BCUT2D eigenvalue weighted by molar-refractivity contribution is 5.16. The number of hydrogen-bond acceptors (Lipinski definition) is 6. The summed E-state index contributed by atoms with van der Waals surface area (Å²) in [5, 5.41) is 14.2. The summed E-state index contributed by atoms with van der Waals surface area (Å²) < 4.78 is 10.4. The predicted octanol–water partition coefficient (Wildman–Crippen LogP) is 1.65. The van der Waals surface area contributed by atoms with E-state index in [2.05, 4.69) is 34.7 Å². The van der Waals surface area contributed by atoms with Crippen LogP contribution in [-0.4, -0.2) is 37.0 Å². The molecule has 2 N–H and O–H groups in total. The highest BCUT2D eigenvalue weighted by Gasteiger charge is 2.07. The Balaban J connectivity index is 2.25.